The van der Waals surface area contributed by atoms with Gasteiger partial charge >= 0.3 is 0 Å². The van der Waals surface area contributed by atoms with Crippen molar-refractivity contribution in [3.05, 3.63) is 65.3 Å². The summed E-state index contributed by atoms with van der Waals surface area (Å²) < 4.78 is 10.9. The molecule has 142 valence electrons. The third-order valence-electron chi connectivity index (χ3n) is 4.48. The number of carbonyl (C=O) groups excluding carboxylic acids is 2. The Hall–Kier alpha value is -3.02. The van der Waals surface area contributed by atoms with Gasteiger partial charge in [0, 0.05) is 5.92 Å². The number of aliphatic hydroxyl groups is 1. The molecule has 1 aliphatic heterocycles. The second-order valence-corrected chi connectivity index (χ2v) is 6.70. The van der Waals surface area contributed by atoms with Crippen LogP contribution < -0.4 is 4.74 Å². The standard InChI is InChI=1S/C21H23NO5/c1-4-26-15-8-5-7-14(11-15)18-17(19(23)13(2)3)20(24)21(25)22(18)12-16-9-6-10-27-16/h5-11,13,18,24H,4,12H2,1-3H3. The lowest BCUT2D eigenvalue weighted by atomic mass is 9.91. The Morgan fingerprint density at radius 3 is 2.70 bits per heavy atom. The largest absolute Gasteiger partial charge is 0.503 e. The molecule has 0 fully saturated rings. The van der Waals surface area contributed by atoms with Crippen molar-refractivity contribution in [2.24, 2.45) is 5.92 Å². The summed E-state index contributed by atoms with van der Waals surface area (Å²) in [5.41, 5.74) is 0.823. The molecule has 0 spiro atoms. The van der Waals surface area contributed by atoms with Gasteiger partial charge < -0.3 is 19.2 Å². The number of hydrogen-bond donors (Lipinski definition) is 1. The predicted octanol–water partition coefficient (Wildman–Crippen LogP) is 3.80. The molecule has 1 atom stereocenters. The van der Waals surface area contributed by atoms with Crippen LogP contribution in [0.2, 0.25) is 0 Å². The number of carbonyl (C=O) groups is 2. The molecule has 1 N–H and O–H groups in total. The van der Waals surface area contributed by atoms with Crippen LogP contribution in [0.1, 0.15) is 38.1 Å². The van der Waals surface area contributed by atoms with E-state index in [9.17, 15) is 14.7 Å². The fourth-order valence-electron chi connectivity index (χ4n) is 3.24. The summed E-state index contributed by atoms with van der Waals surface area (Å²) in [5.74, 6) is -0.469. The summed E-state index contributed by atoms with van der Waals surface area (Å²) in [6.07, 6.45) is 1.52. The third-order valence-corrected chi connectivity index (χ3v) is 4.48. The maximum Gasteiger partial charge on any atom is 0.290 e. The highest BCUT2D eigenvalue weighted by Crippen LogP contribution is 2.40. The zero-order valence-corrected chi connectivity index (χ0v) is 15.6. The fourth-order valence-corrected chi connectivity index (χ4v) is 3.24. The summed E-state index contributed by atoms with van der Waals surface area (Å²) in [6, 6.07) is 10.0. The molecule has 2 aromatic rings. The number of Topliss-reactive ketones (excluding diaryl/α,β-unsaturated/α-hetero) is 1. The molecule has 2 heterocycles. The number of ether oxygens (including phenoxy) is 1. The van der Waals surface area contributed by atoms with Gasteiger partial charge in [-0.15, -0.1) is 0 Å². The Labute approximate surface area is 158 Å². The second kappa shape index (κ2) is 7.70. The highest BCUT2D eigenvalue weighted by atomic mass is 16.5. The minimum absolute atomic E-state index is 0.121. The Morgan fingerprint density at radius 1 is 1.30 bits per heavy atom. The molecule has 0 bridgehead atoms. The first-order valence-corrected chi connectivity index (χ1v) is 8.97. The highest BCUT2D eigenvalue weighted by molar-refractivity contribution is 6.09. The Morgan fingerprint density at radius 2 is 2.07 bits per heavy atom. The third kappa shape index (κ3) is 3.60. The van der Waals surface area contributed by atoms with Crippen molar-refractivity contribution in [2.45, 2.75) is 33.4 Å². The molecule has 1 aliphatic rings. The molecular weight excluding hydrogens is 346 g/mol. The number of hydrogen-bond acceptors (Lipinski definition) is 5. The van der Waals surface area contributed by atoms with E-state index in [1.807, 2.05) is 25.1 Å². The summed E-state index contributed by atoms with van der Waals surface area (Å²) >= 11 is 0. The van der Waals surface area contributed by atoms with Crippen LogP contribution >= 0.6 is 0 Å². The first-order valence-electron chi connectivity index (χ1n) is 8.97. The zero-order valence-electron chi connectivity index (χ0n) is 15.6. The van der Waals surface area contributed by atoms with Crippen LogP contribution in [0.3, 0.4) is 0 Å². The van der Waals surface area contributed by atoms with E-state index in [-0.39, 0.29) is 23.8 Å². The molecule has 6 heteroatoms. The number of nitrogens with zero attached hydrogens (tertiary/aromatic N) is 1. The molecule has 1 aromatic carbocycles. The minimum atomic E-state index is -0.696. The van der Waals surface area contributed by atoms with Crippen LogP contribution in [0.25, 0.3) is 0 Å². The van der Waals surface area contributed by atoms with Crippen molar-refractivity contribution in [1.82, 2.24) is 4.90 Å². The van der Waals surface area contributed by atoms with Crippen molar-refractivity contribution in [3.8, 4) is 5.75 Å². The Kier molecular flexibility index (Phi) is 5.35. The number of aliphatic hydroxyl groups excluding tert-OH is 1. The molecule has 1 unspecified atom stereocenters. The highest BCUT2D eigenvalue weighted by Gasteiger charge is 2.44. The smallest absolute Gasteiger partial charge is 0.290 e. The van der Waals surface area contributed by atoms with Gasteiger partial charge in [-0.05, 0) is 36.8 Å². The molecule has 1 aromatic heterocycles. The Bertz CT molecular complexity index is 866. The van der Waals surface area contributed by atoms with E-state index in [1.165, 1.54) is 11.2 Å². The summed E-state index contributed by atoms with van der Waals surface area (Å²) in [5, 5.41) is 10.5. The first-order chi connectivity index (χ1) is 12.9. The maximum atomic E-state index is 12.8. The van der Waals surface area contributed by atoms with Crippen molar-refractivity contribution in [2.75, 3.05) is 6.61 Å². The molecule has 6 nitrogen and oxygen atoms in total. The average molecular weight is 369 g/mol. The van der Waals surface area contributed by atoms with Crippen LogP contribution in [-0.4, -0.2) is 28.3 Å². The van der Waals surface area contributed by atoms with Gasteiger partial charge in [0.1, 0.15) is 11.5 Å². The molecule has 1 amide bonds. The molecule has 0 saturated heterocycles. The van der Waals surface area contributed by atoms with Gasteiger partial charge in [0.15, 0.2) is 11.5 Å². The van der Waals surface area contributed by atoms with Gasteiger partial charge in [0.05, 0.1) is 31.0 Å². The normalized spacial score (nSPS) is 17.1. The van der Waals surface area contributed by atoms with E-state index < -0.39 is 17.7 Å². The van der Waals surface area contributed by atoms with E-state index >= 15 is 0 Å². The van der Waals surface area contributed by atoms with Gasteiger partial charge in [0.25, 0.3) is 5.91 Å². The zero-order chi connectivity index (χ0) is 19.6. The minimum Gasteiger partial charge on any atom is -0.503 e. The topological polar surface area (TPSA) is 80.0 Å². The molecule has 0 radical (unpaired) electrons. The lowest BCUT2D eigenvalue weighted by Gasteiger charge is -2.26. The van der Waals surface area contributed by atoms with Crippen LogP contribution in [0, 0.1) is 5.92 Å². The van der Waals surface area contributed by atoms with E-state index in [1.54, 1.807) is 32.0 Å². The summed E-state index contributed by atoms with van der Waals surface area (Å²) in [6.45, 7) is 6.02. The lowest BCUT2D eigenvalue weighted by Crippen LogP contribution is -2.31. The van der Waals surface area contributed by atoms with E-state index in [0.717, 1.165) is 0 Å². The van der Waals surface area contributed by atoms with Crippen LogP contribution in [0.4, 0.5) is 0 Å². The Balaban J connectivity index is 2.07. The van der Waals surface area contributed by atoms with E-state index in [4.69, 9.17) is 9.15 Å². The van der Waals surface area contributed by atoms with Crippen LogP contribution in [-0.2, 0) is 16.1 Å². The quantitative estimate of drug-likeness (QED) is 0.803. The number of benzene rings is 1. The average Bonchev–Trinajstić information content (AvgIpc) is 3.24. The number of amides is 1. The summed E-state index contributed by atoms with van der Waals surface area (Å²) in [7, 11) is 0. The monoisotopic (exact) mass is 369 g/mol. The molecular formula is C21H23NO5. The number of rotatable bonds is 7. The van der Waals surface area contributed by atoms with Gasteiger partial charge in [-0.3, -0.25) is 9.59 Å². The maximum absolute atomic E-state index is 12.8. The van der Waals surface area contributed by atoms with Gasteiger partial charge in [-0.25, -0.2) is 0 Å². The van der Waals surface area contributed by atoms with Crippen LogP contribution in [0.15, 0.2) is 58.4 Å². The first kappa shape index (κ1) is 18.8. The SMILES string of the molecule is CCOc1cccc(C2C(C(=O)C(C)C)=C(O)C(=O)N2Cc2ccco2)c1. The fraction of sp³-hybridized carbons (Fsp3) is 0.333. The van der Waals surface area contributed by atoms with Gasteiger partial charge in [0.2, 0.25) is 0 Å². The van der Waals surface area contributed by atoms with E-state index in [0.29, 0.717) is 23.7 Å². The van der Waals surface area contributed by atoms with Crippen LogP contribution in [0.5, 0.6) is 5.75 Å². The van der Waals surface area contributed by atoms with Crippen molar-refractivity contribution < 1.29 is 23.8 Å². The second-order valence-electron chi connectivity index (χ2n) is 6.70. The van der Waals surface area contributed by atoms with Crippen molar-refractivity contribution in [3.63, 3.8) is 0 Å². The van der Waals surface area contributed by atoms with Gasteiger partial charge in [-0.1, -0.05) is 26.0 Å². The lowest BCUT2D eigenvalue weighted by molar-refractivity contribution is -0.130. The predicted molar refractivity (Wildman–Crippen MR) is 99.1 cm³/mol. The molecule has 0 aliphatic carbocycles. The number of furan rings is 1. The molecule has 0 saturated carbocycles. The summed E-state index contributed by atoms with van der Waals surface area (Å²) in [4.78, 5) is 27.0. The van der Waals surface area contributed by atoms with E-state index in [2.05, 4.69) is 0 Å². The van der Waals surface area contributed by atoms with Gasteiger partial charge in [-0.2, -0.15) is 0 Å². The molecule has 3 rings (SSSR count). The van der Waals surface area contributed by atoms with Crippen molar-refractivity contribution >= 4 is 11.7 Å². The number of ketones is 1. The van der Waals surface area contributed by atoms with Crippen molar-refractivity contribution in [1.29, 1.82) is 0 Å². The molecule has 27 heavy (non-hydrogen) atoms.